The van der Waals surface area contributed by atoms with Gasteiger partial charge in [-0.15, -0.1) is 0 Å². The van der Waals surface area contributed by atoms with Crippen LogP contribution in [0.1, 0.15) is 27.8 Å². The maximum Gasteiger partial charge on any atom is 0.134 e. The summed E-state index contributed by atoms with van der Waals surface area (Å²) in [4.78, 5) is 8.80. The first-order valence-corrected chi connectivity index (χ1v) is 9.24. The van der Waals surface area contributed by atoms with Crippen LogP contribution in [0.2, 0.25) is 0 Å². The predicted octanol–water partition coefficient (Wildman–Crippen LogP) is 5.42. The van der Waals surface area contributed by atoms with Gasteiger partial charge < -0.3 is 4.42 Å². The third-order valence-electron chi connectivity index (χ3n) is 5.02. The first-order valence-electron chi connectivity index (χ1n) is 9.24. The average Bonchev–Trinajstić information content (AvgIpc) is 3.24. The molecule has 0 N–H and O–H groups in total. The number of benzene rings is 1. The van der Waals surface area contributed by atoms with Crippen LogP contribution in [-0.2, 0) is 19.3 Å². The van der Waals surface area contributed by atoms with Crippen molar-refractivity contribution in [2.75, 3.05) is 0 Å². The summed E-state index contributed by atoms with van der Waals surface area (Å²) in [7, 11) is 0. The fourth-order valence-corrected chi connectivity index (χ4v) is 3.43. The molecule has 0 fully saturated rings. The van der Waals surface area contributed by atoms with Crippen LogP contribution in [0.25, 0.3) is 11.3 Å². The molecule has 0 atom stereocenters. The van der Waals surface area contributed by atoms with Crippen molar-refractivity contribution in [1.82, 2.24) is 9.97 Å². The number of furan rings is 1. The van der Waals surface area contributed by atoms with Crippen LogP contribution in [0.15, 0.2) is 84.0 Å². The summed E-state index contributed by atoms with van der Waals surface area (Å²) in [5.74, 6) is 0.889. The number of aromatic nitrogens is 2. The van der Waals surface area contributed by atoms with E-state index in [0.29, 0.717) is 0 Å². The summed E-state index contributed by atoms with van der Waals surface area (Å²) in [5, 5.41) is 0. The van der Waals surface area contributed by atoms with Gasteiger partial charge in [-0.2, -0.15) is 0 Å². The molecule has 0 spiro atoms. The number of pyridine rings is 2. The Morgan fingerprint density at radius 2 is 1.56 bits per heavy atom. The van der Waals surface area contributed by atoms with E-state index >= 15 is 0 Å². The number of rotatable bonds is 6. The Morgan fingerprint density at radius 1 is 0.778 bits per heavy atom. The topological polar surface area (TPSA) is 38.9 Å². The highest BCUT2D eigenvalue weighted by molar-refractivity contribution is 5.61. The highest BCUT2D eigenvalue weighted by Crippen LogP contribution is 2.25. The lowest BCUT2D eigenvalue weighted by Crippen LogP contribution is -2.01. The molecule has 0 radical (unpaired) electrons. The van der Waals surface area contributed by atoms with Crippen molar-refractivity contribution < 1.29 is 4.42 Å². The van der Waals surface area contributed by atoms with E-state index in [1.54, 1.807) is 6.26 Å². The lowest BCUT2D eigenvalue weighted by Gasteiger charge is -2.12. The van der Waals surface area contributed by atoms with Gasteiger partial charge in [0.15, 0.2) is 0 Å². The second-order valence-corrected chi connectivity index (χ2v) is 6.76. The molecule has 0 aliphatic heterocycles. The van der Waals surface area contributed by atoms with Crippen molar-refractivity contribution in [2.24, 2.45) is 0 Å². The highest BCUT2D eigenvalue weighted by atomic mass is 16.3. The summed E-state index contributed by atoms with van der Waals surface area (Å²) >= 11 is 0. The molecule has 0 amide bonds. The molecule has 27 heavy (non-hydrogen) atoms. The Balaban J connectivity index is 1.54. The second kappa shape index (κ2) is 8.00. The second-order valence-electron chi connectivity index (χ2n) is 6.76. The summed E-state index contributed by atoms with van der Waals surface area (Å²) in [6.45, 7) is 2.20. The summed E-state index contributed by atoms with van der Waals surface area (Å²) in [6.07, 6.45) is 12.2. The molecule has 0 bridgehead atoms. The molecule has 1 aromatic carbocycles. The lowest BCUT2D eigenvalue weighted by molar-refractivity contribution is 0.581. The van der Waals surface area contributed by atoms with E-state index in [2.05, 4.69) is 47.2 Å². The molecule has 3 aromatic heterocycles. The fraction of sp³-hybridized carbons (Fsp3) is 0.167. The van der Waals surface area contributed by atoms with Gasteiger partial charge >= 0.3 is 0 Å². The quantitative estimate of drug-likeness (QED) is 0.464. The monoisotopic (exact) mass is 354 g/mol. The van der Waals surface area contributed by atoms with Crippen molar-refractivity contribution in [3.05, 3.63) is 107 Å². The van der Waals surface area contributed by atoms with E-state index in [9.17, 15) is 0 Å². The van der Waals surface area contributed by atoms with Crippen molar-refractivity contribution in [1.29, 1.82) is 0 Å². The van der Waals surface area contributed by atoms with Gasteiger partial charge in [-0.3, -0.25) is 9.97 Å². The molecule has 134 valence electrons. The minimum atomic E-state index is 0.889. The van der Waals surface area contributed by atoms with E-state index in [4.69, 9.17) is 4.42 Å². The van der Waals surface area contributed by atoms with Crippen molar-refractivity contribution in [2.45, 2.75) is 26.2 Å². The van der Waals surface area contributed by atoms with Crippen LogP contribution in [0, 0.1) is 6.92 Å². The largest absolute Gasteiger partial charge is 0.464 e. The predicted molar refractivity (Wildman–Crippen MR) is 108 cm³/mol. The lowest BCUT2D eigenvalue weighted by atomic mass is 9.95. The molecule has 3 nitrogen and oxygen atoms in total. The Bertz CT molecular complexity index is 1010. The van der Waals surface area contributed by atoms with Gasteiger partial charge in [0, 0.05) is 30.4 Å². The van der Waals surface area contributed by atoms with Crippen molar-refractivity contribution in [3.8, 4) is 11.3 Å². The van der Waals surface area contributed by atoms with Gasteiger partial charge in [0.25, 0.3) is 0 Å². The average molecular weight is 354 g/mol. The van der Waals surface area contributed by atoms with Gasteiger partial charge in [-0.25, -0.2) is 0 Å². The van der Waals surface area contributed by atoms with Crippen LogP contribution >= 0.6 is 0 Å². The van der Waals surface area contributed by atoms with Gasteiger partial charge in [0.1, 0.15) is 5.76 Å². The molecule has 0 aliphatic carbocycles. The summed E-state index contributed by atoms with van der Waals surface area (Å²) < 4.78 is 5.58. The highest BCUT2D eigenvalue weighted by Gasteiger charge is 2.10. The molecule has 0 saturated heterocycles. The van der Waals surface area contributed by atoms with Gasteiger partial charge in [0.2, 0.25) is 0 Å². The van der Waals surface area contributed by atoms with Gasteiger partial charge in [-0.05, 0) is 72.2 Å². The van der Waals surface area contributed by atoms with Crippen LogP contribution in [-0.4, -0.2) is 9.97 Å². The van der Waals surface area contributed by atoms with E-state index < -0.39 is 0 Å². The molecule has 4 rings (SSSR count). The maximum atomic E-state index is 5.58. The number of nitrogens with zero attached hydrogens (tertiary/aromatic N) is 2. The first kappa shape index (κ1) is 17.2. The van der Waals surface area contributed by atoms with Gasteiger partial charge in [0.05, 0.1) is 6.26 Å². The Labute approximate surface area is 159 Å². The molecule has 3 heteroatoms. The normalized spacial score (nSPS) is 10.9. The molecule has 0 unspecified atom stereocenters. The van der Waals surface area contributed by atoms with Crippen LogP contribution in [0.3, 0.4) is 0 Å². The smallest absolute Gasteiger partial charge is 0.134 e. The van der Waals surface area contributed by atoms with Gasteiger partial charge in [-0.1, -0.05) is 30.3 Å². The standard InChI is InChI=1S/C24H22N2O/c1-18-20(15-26-17-22(18)14-19-6-3-2-4-7-19)9-10-21-16-25-12-11-23(21)24-8-5-13-27-24/h2-8,11-13,15-17H,9-10,14H2,1H3. The minimum Gasteiger partial charge on any atom is -0.464 e. The zero-order valence-corrected chi connectivity index (χ0v) is 15.4. The number of aryl methyl sites for hydroxylation is 2. The van der Waals surface area contributed by atoms with E-state index in [1.165, 1.54) is 27.8 Å². The molecular weight excluding hydrogens is 332 g/mol. The Hall–Kier alpha value is -3.20. The molecular formula is C24H22N2O. The maximum absolute atomic E-state index is 5.58. The van der Waals surface area contributed by atoms with E-state index in [-0.39, 0.29) is 0 Å². The number of hydrogen-bond acceptors (Lipinski definition) is 3. The van der Waals surface area contributed by atoms with Crippen LogP contribution in [0.4, 0.5) is 0 Å². The first-order chi connectivity index (χ1) is 13.3. The third-order valence-corrected chi connectivity index (χ3v) is 5.02. The fourth-order valence-electron chi connectivity index (χ4n) is 3.43. The SMILES string of the molecule is Cc1c(CCc2cnccc2-c2ccco2)cncc1Cc1ccccc1. The van der Waals surface area contributed by atoms with Crippen molar-refractivity contribution in [3.63, 3.8) is 0 Å². The van der Waals surface area contributed by atoms with E-state index in [1.807, 2.05) is 43.0 Å². The Morgan fingerprint density at radius 3 is 2.37 bits per heavy atom. The molecule has 4 aromatic rings. The zero-order valence-electron chi connectivity index (χ0n) is 15.4. The zero-order chi connectivity index (χ0) is 18.5. The third kappa shape index (κ3) is 3.98. The van der Waals surface area contributed by atoms with Crippen LogP contribution in [0.5, 0.6) is 0 Å². The van der Waals surface area contributed by atoms with Crippen molar-refractivity contribution >= 4 is 0 Å². The summed E-state index contributed by atoms with van der Waals surface area (Å²) in [5.41, 5.74) is 7.53. The minimum absolute atomic E-state index is 0.889. The Kier molecular flexibility index (Phi) is 5.10. The number of hydrogen-bond donors (Lipinski definition) is 0. The van der Waals surface area contributed by atoms with E-state index in [0.717, 1.165) is 30.6 Å². The molecule has 3 heterocycles. The van der Waals surface area contributed by atoms with Crippen LogP contribution < -0.4 is 0 Å². The summed E-state index contributed by atoms with van der Waals surface area (Å²) in [6, 6.07) is 16.5. The molecule has 0 aliphatic rings. The molecule has 0 saturated carbocycles.